The Labute approximate surface area is 719 Å². The first-order valence-corrected chi connectivity index (χ1v) is 41.5. The molecule has 30 aliphatic rings. The number of benzene rings is 6. The van der Waals surface area contributed by atoms with E-state index in [1.807, 2.05) is 0 Å². The maximum Gasteiger partial charge on any atom is 0.187 e. The Morgan fingerprint density at radius 1 is 0.175 bits per heavy atom. The van der Waals surface area contributed by atoms with Crippen LogP contribution >= 0.6 is 0 Å². The van der Waals surface area contributed by atoms with Crippen molar-refractivity contribution >= 4 is 0 Å². The van der Waals surface area contributed by atoms with Crippen molar-refractivity contribution in [1.29, 1.82) is 0 Å². The fourth-order valence-corrected chi connectivity index (χ4v) is 17.8. The van der Waals surface area contributed by atoms with Crippen LogP contribution in [0.15, 0.2) is 182 Å². The van der Waals surface area contributed by atoms with Crippen LogP contribution in [0.25, 0.3) is 0 Å². The number of aliphatic hydroxyl groups is 22. The summed E-state index contributed by atoms with van der Waals surface area (Å²) in [4.78, 5) is 0. The van der Waals surface area contributed by atoms with Crippen LogP contribution in [-0.2, 0) is 96.5 Å². The lowest BCUT2D eigenvalue weighted by Crippen LogP contribution is -2.69. The Hall–Kier alpha value is -6.28. The van der Waals surface area contributed by atoms with Crippen molar-refractivity contribution in [3.05, 3.63) is 215 Å². The molecule has 692 valence electrons. The number of rotatable bonds is 18. The first-order chi connectivity index (χ1) is 60.8. The van der Waals surface area contributed by atoms with Gasteiger partial charge < -0.3 is 198 Å². The summed E-state index contributed by atoms with van der Waals surface area (Å²) in [6.45, 7) is -8.02. The Morgan fingerprint density at radius 2 is 0.302 bits per heavy atom. The van der Waals surface area contributed by atoms with Crippen molar-refractivity contribution in [3.63, 3.8) is 0 Å². The molecule has 30 aliphatic heterocycles. The van der Waals surface area contributed by atoms with E-state index in [2.05, 4.69) is 0 Å². The van der Waals surface area contributed by atoms with Crippen LogP contribution in [0, 0.1) is 0 Å². The molecule has 36 rings (SSSR count). The molecule has 40 atom stereocenters. The minimum absolute atomic E-state index is 0.539. The topological polar surface area (TPSA) is 611 Å². The van der Waals surface area contributed by atoms with Gasteiger partial charge in [0.2, 0.25) is 0 Å². The van der Waals surface area contributed by atoms with Crippen molar-refractivity contribution in [2.24, 2.45) is 0 Å². The van der Waals surface area contributed by atoms with E-state index in [1.165, 1.54) is 0 Å². The molecule has 6 aromatic carbocycles. The molecule has 16 bridgehead atoms. The Bertz CT molecular complexity index is 3970. The van der Waals surface area contributed by atoms with Crippen LogP contribution in [0.3, 0.4) is 0 Å². The summed E-state index contributed by atoms with van der Waals surface area (Å²) in [5, 5.41) is 259. The summed E-state index contributed by atoms with van der Waals surface area (Å²) in [5.41, 5.74) is 0.0279. The Balaban J connectivity index is 0.778. The summed E-state index contributed by atoms with van der Waals surface area (Å²) in [5.74, 6) is 0. The maximum atomic E-state index is 12.7. The van der Waals surface area contributed by atoms with E-state index in [0.717, 1.165) is 0 Å². The molecule has 0 aliphatic carbocycles. The molecule has 0 saturated carbocycles. The van der Waals surface area contributed by atoms with Gasteiger partial charge >= 0.3 is 0 Å². The van der Waals surface area contributed by atoms with Gasteiger partial charge in [-0.25, -0.2) is 0 Å². The molecule has 0 amide bonds. The molecule has 126 heavy (non-hydrogen) atoms. The molecule has 40 heteroatoms. The first kappa shape index (κ1) is 94.4. The van der Waals surface area contributed by atoms with Gasteiger partial charge in [-0.1, -0.05) is 182 Å². The monoisotopic (exact) mass is 1780 g/mol. The summed E-state index contributed by atoms with van der Waals surface area (Å²) in [7, 11) is 0. The molecular weight excluding hydrogens is 1670 g/mol. The Kier molecular flexibility index (Phi) is 30.9. The number of hydrogen-bond acceptors (Lipinski definition) is 40. The molecule has 30 fully saturated rings. The van der Waals surface area contributed by atoms with Crippen LogP contribution in [0.5, 0.6) is 0 Å². The second kappa shape index (κ2) is 41.2. The average molecular weight is 1780 g/mol. The van der Waals surface area contributed by atoms with E-state index < -0.39 is 310 Å². The molecule has 0 unspecified atom stereocenters. The zero-order valence-corrected chi connectivity index (χ0v) is 67.3. The van der Waals surface area contributed by atoms with E-state index >= 15 is 0 Å². The highest BCUT2D eigenvalue weighted by Gasteiger charge is 2.62. The number of aliphatic hydroxyl groups excluding tert-OH is 22. The van der Waals surface area contributed by atoms with Crippen LogP contribution in [0.1, 0.15) is 33.4 Å². The van der Waals surface area contributed by atoms with E-state index in [-0.39, 0.29) is 0 Å². The highest BCUT2D eigenvalue weighted by atomic mass is 16.8. The van der Waals surface area contributed by atoms with Crippen molar-refractivity contribution < 1.29 is 198 Å². The van der Waals surface area contributed by atoms with Crippen molar-refractivity contribution in [3.8, 4) is 0 Å². The third-order valence-corrected chi connectivity index (χ3v) is 24.5. The minimum Gasteiger partial charge on any atom is -0.394 e. The fourth-order valence-electron chi connectivity index (χ4n) is 17.8. The fraction of sp³-hybridized carbons (Fsp3) is 0.581. The van der Waals surface area contributed by atoms with Crippen molar-refractivity contribution in [1.82, 2.24) is 0 Å². The Morgan fingerprint density at radius 3 is 0.437 bits per heavy atom. The average Bonchev–Trinajstić information content (AvgIpc) is 0.757. The predicted molar refractivity (Wildman–Crippen MR) is 417 cm³/mol. The van der Waals surface area contributed by atoms with E-state index in [9.17, 15) is 112 Å². The number of hydrogen-bond donors (Lipinski definition) is 22. The van der Waals surface area contributed by atoms with Gasteiger partial charge in [0.15, 0.2) is 50.3 Å². The minimum atomic E-state index is -2.33. The lowest BCUT2D eigenvalue weighted by Gasteiger charge is -2.51. The van der Waals surface area contributed by atoms with E-state index in [0.29, 0.717) is 33.4 Å². The standard InChI is InChI=1S/C86H108O40/c87-31-45-69-53(93)61(101)77(111-45)120-70-46(32-88)113-79(63(103)55(70)95)122-72-48(34-90)115-81(65(105)57(72)97)125-75-51(37-109-85(39-19-7-1-8-20-39,40-21-9-2-10-22-40)41-23-11-3-12-24-41)118-84(68(108)60(75)100)124-74-50(36-92)116-82(66(106)58(74)98)126-76-52(38-110-86(42-25-13-4-14-26-42,43-27-15-5-16-28-43)44-29-17-6-18-30-44)117-83(67(107)59(76)99)123-73-49(35-91)114-80(64(104)56(73)96)121-71-47(33-89)112-78(119-69)62(102)54(71)94/h1-30,45-84,87-108H,31-38H2/t45-,46+,47-,48+,49-,50+,51+,52-,53+,54+,55-,56+,57+,58-,59+,60+,61+,62+,63-,64+,65-,66+,67+,68+,69+,70+,71+,72+,73+,74+,75+,76+,77+,78+,79+,80+,81+,82+,83+,84+/m0/s1. The van der Waals surface area contributed by atoms with Gasteiger partial charge in [0.05, 0.1) is 52.9 Å². The van der Waals surface area contributed by atoms with Crippen molar-refractivity contribution in [2.45, 2.75) is 257 Å². The molecule has 6 aromatic rings. The van der Waals surface area contributed by atoms with Crippen LogP contribution < -0.4 is 0 Å². The predicted octanol–water partition coefficient (Wildman–Crippen LogP) is -7.37. The molecule has 30 saturated heterocycles. The molecule has 22 N–H and O–H groups in total. The highest BCUT2D eigenvalue weighted by molar-refractivity contribution is 5.49. The largest absolute Gasteiger partial charge is 0.394 e. The number of ether oxygens (including phenoxy) is 18. The highest BCUT2D eigenvalue weighted by Crippen LogP contribution is 2.47. The second-order valence-electron chi connectivity index (χ2n) is 32.3. The first-order valence-electron chi connectivity index (χ1n) is 41.5. The van der Waals surface area contributed by atoms with Gasteiger partial charge in [-0.3, -0.25) is 0 Å². The zero-order valence-electron chi connectivity index (χ0n) is 67.3. The summed E-state index contributed by atoms with van der Waals surface area (Å²) < 4.78 is 112. The van der Waals surface area contributed by atoms with Gasteiger partial charge in [-0.2, -0.15) is 0 Å². The molecule has 40 nitrogen and oxygen atoms in total. The van der Waals surface area contributed by atoms with Crippen LogP contribution in [-0.4, -0.2) is 411 Å². The summed E-state index contributed by atoms with van der Waals surface area (Å²) >= 11 is 0. The van der Waals surface area contributed by atoms with E-state index in [4.69, 9.17) is 85.3 Å². The summed E-state index contributed by atoms with van der Waals surface area (Å²) in [6, 6.07) is 53.1. The molecule has 0 spiro atoms. The van der Waals surface area contributed by atoms with Gasteiger partial charge in [-0.15, -0.1) is 0 Å². The molecule has 30 heterocycles. The second-order valence-corrected chi connectivity index (χ2v) is 32.3. The van der Waals surface area contributed by atoms with Gasteiger partial charge in [0.25, 0.3) is 0 Å². The molecule has 0 radical (unpaired) electrons. The smallest absolute Gasteiger partial charge is 0.187 e. The molecule has 0 aromatic heterocycles. The zero-order chi connectivity index (χ0) is 89.2. The molecular formula is C86H108O40. The van der Waals surface area contributed by atoms with E-state index in [1.54, 1.807) is 182 Å². The normalized spacial score (nSPS) is 42.3. The van der Waals surface area contributed by atoms with Crippen LogP contribution in [0.2, 0.25) is 0 Å². The SMILES string of the molecule is OC[C@@H]1O[C@@H]2O[C@H]3[C@H](O)[C@@H](O)[C@@H](O[C@H]4[C@@H](O)[C@H](O)[C@@H](O[C@H]5[C@H](O)[C@H](O)[C@@H](O[C@H]6[C@H](O)[C@@H](O)[C@@H](O[C@H]7[C@@H](O)[C@@H](O)[C@@H](O[C@H]8[C@H](O)[C@@H](O)[C@@H](O[C@H]9[C@H](O)[C@@H](O)[C@@H](O[C@H]1[C@H](O)[C@H]2O)O[C@H]9CO)O[C@H]8COC(c1ccccc1)(c1ccccc1)c1ccccc1)O[C@@H]7CO)O[C@@H]6COC(c1ccccc1)(c1ccccc1)c1ccccc1)O[C@@H]5CO)O[C@@H]4CO)O[C@H]3CO. The lowest BCUT2D eigenvalue weighted by molar-refractivity contribution is -0.404. The maximum absolute atomic E-state index is 12.7. The third kappa shape index (κ3) is 18.6. The van der Waals surface area contributed by atoms with Crippen molar-refractivity contribution in [2.75, 3.05) is 52.9 Å². The van der Waals surface area contributed by atoms with Gasteiger partial charge in [0, 0.05) is 0 Å². The third-order valence-electron chi connectivity index (χ3n) is 24.5. The quantitative estimate of drug-likeness (QED) is 0.0356. The van der Waals surface area contributed by atoms with Crippen LogP contribution in [0.4, 0.5) is 0 Å². The van der Waals surface area contributed by atoms with Gasteiger partial charge in [0.1, 0.15) is 207 Å². The lowest BCUT2D eigenvalue weighted by atomic mass is 9.80. The summed E-state index contributed by atoms with van der Waals surface area (Å²) in [6.07, 6.45) is -84.1. The van der Waals surface area contributed by atoms with Gasteiger partial charge in [-0.05, 0) is 33.4 Å².